The minimum atomic E-state index is 0.584. The lowest BCUT2D eigenvalue weighted by Gasteiger charge is -2.26. The van der Waals surface area contributed by atoms with Crippen LogP contribution in [-0.4, -0.2) is 4.98 Å². The fourth-order valence-electron chi connectivity index (χ4n) is 7.79. The standard InChI is InChI=1S/C49H30N2O3/c1-3-11-31(12-4-1)32-21-23-35(24-22-32)51(36-16-9-15-34(29-36)38-18-10-20-43-46(38)39-17-7-8-19-41(39)52-43)37-25-26-42-40(30-37)47-44(53-42)27-28-45-48(47)50-49(54-45)33-13-5-2-6-14-33/h1-30H. The van der Waals surface area contributed by atoms with E-state index < -0.39 is 0 Å². The molecule has 3 aromatic heterocycles. The molecule has 0 N–H and O–H groups in total. The maximum Gasteiger partial charge on any atom is 0.227 e. The van der Waals surface area contributed by atoms with Crippen LogP contribution in [0.15, 0.2) is 195 Å². The molecule has 3 heterocycles. The van der Waals surface area contributed by atoms with Crippen LogP contribution in [-0.2, 0) is 0 Å². The van der Waals surface area contributed by atoms with Gasteiger partial charge in [0.2, 0.25) is 5.89 Å². The Labute approximate surface area is 309 Å². The number of benzene rings is 8. The van der Waals surface area contributed by atoms with Crippen LogP contribution >= 0.6 is 0 Å². The molecule has 5 nitrogen and oxygen atoms in total. The van der Waals surface area contributed by atoms with E-state index in [1.165, 1.54) is 5.56 Å². The molecular weight excluding hydrogens is 665 g/mol. The molecule has 0 spiro atoms. The van der Waals surface area contributed by atoms with Crippen LogP contribution in [0.4, 0.5) is 17.1 Å². The highest BCUT2D eigenvalue weighted by Gasteiger charge is 2.20. The van der Waals surface area contributed by atoms with Crippen LogP contribution < -0.4 is 4.90 Å². The van der Waals surface area contributed by atoms with Crippen LogP contribution in [0.5, 0.6) is 0 Å². The highest BCUT2D eigenvalue weighted by molar-refractivity contribution is 6.18. The molecule has 11 rings (SSSR count). The van der Waals surface area contributed by atoms with Crippen molar-refractivity contribution in [1.82, 2.24) is 4.98 Å². The number of rotatable bonds is 6. The van der Waals surface area contributed by atoms with E-state index in [9.17, 15) is 0 Å². The third-order valence-electron chi connectivity index (χ3n) is 10.3. The molecule has 8 aromatic carbocycles. The normalized spacial score (nSPS) is 11.7. The monoisotopic (exact) mass is 694 g/mol. The van der Waals surface area contributed by atoms with Gasteiger partial charge in [0.05, 0.1) is 5.39 Å². The molecule has 0 aliphatic rings. The topological polar surface area (TPSA) is 55.6 Å². The summed E-state index contributed by atoms with van der Waals surface area (Å²) < 4.78 is 19.0. The van der Waals surface area contributed by atoms with E-state index in [1.54, 1.807) is 0 Å². The molecule has 0 aliphatic heterocycles. The number of para-hydroxylation sites is 1. The van der Waals surface area contributed by atoms with E-state index in [4.69, 9.17) is 18.2 Å². The third kappa shape index (κ3) is 4.90. The number of fused-ring (bicyclic) bond motifs is 8. The Hall–Kier alpha value is -7.37. The van der Waals surface area contributed by atoms with Crippen molar-refractivity contribution >= 4 is 72.0 Å². The minimum absolute atomic E-state index is 0.584. The zero-order chi connectivity index (χ0) is 35.6. The minimum Gasteiger partial charge on any atom is -0.456 e. The molecule has 11 aromatic rings. The summed E-state index contributed by atoms with van der Waals surface area (Å²) in [5.41, 5.74) is 13.3. The Balaban J connectivity index is 1.10. The lowest BCUT2D eigenvalue weighted by atomic mass is 9.98. The largest absolute Gasteiger partial charge is 0.456 e. The Bertz CT molecular complexity index is 3160. The summed E-state index contributed by atoms with van der Waals surface area (Å²) in [6.07, 6.45) is 0. The summed E-state index contributed by atoms with van der Waals surface area (Å²) in [6, 6.07) is 62.8. The molecule has 0 atom stereocenters. The lowest BCUT2D eigenvalue weighted by molar-refractivity contribution is 0.619. The summed E-state index contributed by atoms with van der Waals surface area (Å²) in [7, 11) is 0. The van der Waals surface area contributed by atoms with Gasteiger partial charge in [0, 0.05) is 38.8 Å². The van der Waals surface area contributed by atoms with Crippen molar-refractivity contribution in [2.24, 2.45) is 0 Å². The van der Waals surface area contributed by atoms with Crippen LogP contribution in [0.2, 0.25) is 0 Å². The number of nitrogens with zero attached hydrogens (tertiary/aromatic N) is 2. The SMILES string of the molecule is c1ccc(-c2ccc(N(c3cccc(-c4cccc5oc6ccccc6c45)c3)c3ccc4oc5ccc6oc(-c7ccccc7)nc6c5c4c3)cc2)cc1. The van der Waals surface area contributed by atoms with Crippen molar-refractivity contribution in [2.45, 2.75) is 0 Å². The molecule has 54 heavy (non-hydrogen) atoms. The molecule has 0 unspecified atom stereocenters. The maximum atomic E-state index is 6.42. The van der Waals surface area contributed by atoms with Crippen molar-refractivity contribution in [3.05, 3.63) is 182 Å². The van der Waals surface area contributed by atoms with E-state index in [-0.39, 0.29) is 0 Å². The fourth-order valence-corrected chi connectivity index (χ4v) is 7.79. The van der Waals surface area contributed by atoms with Crippen molar-refractivity contribution in [3.63, 3.8) is 0 Å². The first-order valence-electron chi connectivity index (χ1n) is 18.0. The molecule has 0 amide bonds. The van der Waals surface area contributed by atoms with Gasteiger partial charge in [0.25, 0.3) is 0 Å². The number of furan rings is 2. The van der Waals surface area contributed by atoms with Crippen LogP contribution in [0, 0.1) is 0 Å². The Morgan fingerprint density at radius 1 is 0.352 bits per heavy atom. The zero-order valence-electron chi connectivity index (χ0n) is 28.9. The van der Waals surface area contributed by atoms with Gasteiger partial charge in [0.15, 0.2) is 5.58 Å². The molecule has 0 bridgehead atoms. The number of hydrogen-bond donors (Lipinski definition) is 0. The van der Waals surface area contributed by atoms with Gasteiger partial charge < -0.3 is 18.2 Å². The second kappa shape index (κ2) is 12.1. The fraction of sp³-hybridized carbons (Fsp3) is 0. The van der Waals surface area contributed by atoms with Crippen LogP contribution in [0.1, 0.15) is 0 Å². The third-order valence-corrected chi connectivity index (χ3v) is 10.3. The number of anilines is 3. The second-order valence-corrected chi connectivity index (χ2v) is 13.5. The predicted octanol–water partition coefficient (Wildman–Crippen LogP) is 14.1. The van der Waals surface area contributed by atoms with Gasteiger partial charge in [-0.25, -0.2) is 4.98 Å². The first-order chi connectivity index (χ1) is 26.7. The Morgan fingerprint density at radius 3 is 1.78 bits per heavy atom. The summed E-state index contributed by atoms with van der Waals surface area (Å²) in [5, 5.41) is 4.12. The molecule has 0 aliphatic carbocycles. The van der Waals surface area contributed by atoms with Crippen molar-refractivity contribution in [2.75, 3.05) is 4.90 Å². The highest BCUT2D eigenvalue weighted by Crippen LogP contribution is 2.43. The lowest BCUT2D eigenvalue weighted by Crippen LogP contribution is -2.10. The molecular formula is C49H30N2O3. The van der Waals surface area contributed by atoms with Crippen LogP contribution in [0.25, 0.3) is 88.7 Å². The maximum absolute atomic E-state index is 6.42. The molecule has 0 radical (unpaired) electrons. The Kier molecular flexibility index (Phi) is 6.79. The van der Waals surface area contributed by atoms with Crippen molar-refractivity contribution in [1.29, 1.82) is 0 Å². The molecule has 254 valence electrons. The molecule has 5 heteroatoms. The van der Waals surface area contributed by atoms with Gasteiger partial charge >= 0.3 is 0 Å². The average molecular weight is 695 g/mol. The summed E-state index contributed by atoms with van der Waals surface area (Å²) >= 11 is 0. The van der Waals surface area contributed by atoms with E-state index in [2.05, 4.69) is 120 Å². The number of aromatic nitrogens is 1. The first-order valence-corrected chi connectivity index (χ1v) is 18.0. The smallest absolute Gasteiger partial charge is 0.227 e. The Morgan fingerprint density at radius 2 is 0.944 bits per heavy atom. The highest BCUT2D eigenvalue weighted by atomic mass is 16.4. The average Bonchev–Trinajstić information content (AvgIpc) is 3.95. The van der Waals surface area contributed by atoms with Gasteiger partial charge in [0.1, 0.15) is 27.8 Å². The van der Waals surface area contributed by atoms with Crippen molar-refractivity contribution in [3.8, 4) is 33.7 Å². The second-order valence-electron chi connectivity index (χ2n) is 13.5. The predicted molar refractivity (Wildman–Crippen MR) is 220 cm³/mol. The quantitative estimate of drug-likeness (QED) is 0.173. The van der Waals surface area contributed by atoms with E-state index in [1.807, 2.05) is 66.7 Å². The van der Waals surface area contributed by atoms with Gasteiger partial charge in [-0.1, -0.05) is 103 Å². The van der Waals surface area contributed by atoms with Gasteiger partial charge in [-0.2, -0.15) is 0 Å². The molecule has 0 saturated heterocycles. The number of oxazole rings is 1. The zero-order valence-corrected chi connectivity index (χ0v) is 28.9. The van der Waals surface area contributed by atoms with Gasteiger partial charge in [-0.3, -0.25) is 0 Å². The first kappa shape index (κ1) is 30.3. The molecule has 0 fully saturated rings. The summed E-state index contributed by atoms with van der Waals surface area (Å²) in [6.45, 7) is 0. The summed E-state index contributed by atoms with van der Waals surface area (Å²) in [5.74, 6) is 0.584. The summed E-state index contributed by atoms with van der Waals surface area (Å²) in [4.78, 5) is 7.31. The van der Waals surface area contributed by atoms with E-state index >= 15 is 0 Å². The van der Waals surface area contributed by atoms with Gasteiger partial charge in [-0.15, -0.1) is 0 Å². The number of hydrogen-bond acceptors (Lipinski definition) is 5. The van der Waals surface area contributed by atoms with Crippen molar-refractivity contribution < 1.29 is 13.3 Å². The van der Waals surface area contributed by atoms with E-state index in [0.29, 0.717) is 5.89 Å². The van der Waals surface area contributed by atoms with Crippen LogP contribution in [0.3, 0.4) is 0 Å². The molecule has 0 saturated carbocycles. The van der Waals surface area contributed by atoms with E-state index in [0.717, 1.165) is 94.3 Å². The van der Waals surface area contributed by atoms with Gasteiger partial charge in [-0.05, 0) is 101 Å².